The van der Waals surface area contributed by atoms with Gasteiger partial charge in [0.15, 0.2) is 0 Å². The summed E-state index contributed by atoms with van der Waals surface area (Å²) in [6, 6.07) is 9.33. The maximum atomic E-state index is 13.1. The molecule has 1 aromatic carbocycles. The van der Waals surface area contributed by atoms with E-state index >= 15 is 0 Å². The van der Waals surface area contributed by atoms with Crippen LogP contribution in [0.25, 0.3) is 11.3 Å². The molecule has 7 heteroatoms. The van der Waals surface area contributed by atoms with Gasteiger partial charge in [0.05, 0.1) is 17.0 Å². The Balaban J connectivity index is 1.60. The Morgan fingerprint density at radius 3 is 2.59 bits per heavy atom. The first-order chi connectivity index (χ1) is 14.0. The minimum atomic E-state index is -4.38. The van der Waals surface area contributed by atoms with Crippen molar-refractivity contribution in [3.8, 4) is 11.3 Å². The van der Waals surface area contributed by atoms with E-state index in [2.05, 4.69) is 19.9 Å². The minimum Gasteiger partial charge on any atom is -0.298 e. The van der Waals surface area contributed by atoms with Gasteiger partial charge in [-0.3, -0.25) is 19.9 Å². The summed E-state index contributed by atoms with van der Waals surface area (Å²) in [4.78, 5) is 15.3. The zero-order valence-corrected chi connectivity index (χ0v) is 15.8. The molecule has 0 bridgehead atoms. The number of hydrogen-bond acceptors (Lipinski definition) is 4. The van der Waals surface area contributed by atoms with E-state index in [0.29, 0.717) is 11.3 Å². The maximum absolute atomic E-state index is 13.1. The number of piperidine rings is 1. The predicted molar refractivity (Wildman–Crippen MR) is 104 cm³/mol. The quantitative estimate of drug-likeness (QED) is 0.625. The van der Waals surface area contributed by atoms with Crippen molar-refractivity contribution in [1.82, 2.24) is 19.9 Å². The highest BCUT2D eigenvalue weighted by Gasteiger charge is 2.31. The summed E-state index contributed by atoms with van der Waals surface area (Å²) in [5.74, 6) is 0.129. The standard InChI is InChI=1S/C22H21F3N4/c23-22(24,25)19-5-1-3-17(13-19)20-21(28-11-10-27-20)18-4-2-12-29(15-18)14-16-6-8-26-9-7-16/h1,3,5-11,13,18H,2,4,12,14-15H2. The second-order valence-corrected chi connectivity index (χ2v) is 7.30. The van der Waals surface area contributed by atoms with E-state index in [1.165, 1.54) is 17.8 Å². The molecular formula is C22H21F3N4. The van der Waals surface area contributed by atoms with Crippen LogP contribution in [-0.2, 0) is 12.7 Å². The average molecular weight is 398 g/mol. The molecule has 1 atom stereocenters. The zero-order valence-electron chi connectivity index (χ0n) is 15.8. The van der Waals surface area contributed by atoms with Crippen LogP contribution in [0.4, 0.5) is 13.2 Å². The number of aromatic nitrogens is 3. The fraction of sp³-hybridized carbons (Fsp3) is 0.318. The SMILES string of the molecule is FC(F)(F)c1cccc(-c2nccnc2C2CCCN(Cc3ccncc3)C2)c1. The number of hydrogen-bond donors (Lipinski definition) is 0. The molecule has 1 aliphatic heterocycles. The molecule has 4 rings (SSSR count). The maximum Gasteiger partial charge on any atom is 0.416 e. The second-order valence-electron chi connectivity index (χ2n) is 7.30. The molecule has 0 aliphatic carbocycles. The first kappa shape index (κ1) is 19.5. The Labute approximate surface area is 167 Å². The first-order valence-corrected chi connectivity index (χ1v) is 9.60. The van der Waals surface area contributed by atoms with Crippen LogP contribution in [0, 0.1) is 0 Å². The molecule has 1 aliphatic rings. The van der Waals surface area contributed by atoms with Gasteiger partial charge in [-0.1, -0.05) is 12.1 Å². The summed E-state index contributed by atoms with van der Waals surface area (Å²) in [7, 11) is 0. The third kappa shape index (κ3) is 4.62. The van der Waals surface area contributed by atoms with E-state index in [9.17, 15) is 13.2 Å². The summed E-state index contributed by atoms with van der Waals surface area (Å²) in [6.07, 6.45) is 4.29. The molecule has 1 unspecified atom stereocenters. The van der Waals surface area contributed by atoms with Crippen molar-refractivity contribution in [1.29, 1.82) is 0 Å². The lowest BCUT2D eigenvalue weighted by Crippen LogP contribution is -2.34. The second kappa shape index (κ2) is 8.29. The summed E-state index contributed by atoms with van der Waals surface area (Å²) in [5, 5.41) is 0. The van der Waals surface area contributed by atoms with Gasteiger partial charge in [0.25, 0.3) is 0 Å². The Morgan fingerprint density at radius 1 is 1.00 bits per heavy atom. The normalized spacial score (nSPS) is 18.0. The van der Waals surface area contributed by atoms with Gasteiger partial charge in [0, 0.05) is 49.4 Å². The summed E-state index contributed by atoms with van der Waals surface area (Å²) >= 11 is 0. The number of pyridine rings is 1. The van der Waals surface area contributed by atoms with E-state index < -0.39 is 11.7 Å². The van der Waals surface area contributed by atoms with Gasteiger partial charge < -0.3 is 0 Å². The van der Waals surface area contributed by atoms with Gasteiger partial charge in [0.2, 0.25) is 0 Å². The Hall–Kier alpha value is -2.80. The van der Waals surface area contributed by atoms with E-state index in [0.717, 1.165) is 50.3 Å². The number of nitrogens with zero attached hydrogens (tertiary/aromatic N) is 4. The lowest BCUT2D eigenvalue weighted by atomic mass is 9.91. The highest BCUT2D eigenvalue weighted by molar-refractivity contribution is 5.63. The molecule has 29 heavy (non-hydrogen) atoms. The predicted octanol–water partition coefficient (Wildman–Crippen LogP) is 4.94. The molecule has 0 saturated carbocycles. The van der Waals surface area contributed by atoms with E-state index in [-0.39, 0.29) is 5.92 Å². The van der Waals surface area contributed by atoms with E-state index in [1.54, 1.807) is 24.7 Å². The topological polar surface area (TPSA) is 41.9 Å². The van der Waals surface area contributed by atoms with Gasteiger partial charge in [-0.05, 0) is 49.2 Å². The van der Waals surface area contributed by atoms with Crippen molar-refractivity contribution < 1.29 is 13.2 Å². The average Bonchev–Trinajstić information content (AvgIpc) is 2.74. The van der Waals surface area contributed by atoms with Crippen LogP contribution in [0.5, 0.6) is 0 Å². The summed E-state index contributed by atoms with van der Waals surface area (Å²) < 4.78 is 39.4. The van der Waals surface area contributed by atoms with Crippen LogP contribution < -0.4 is 0 Å². The molecule has 0 amide bonds. The third-order valence-electron chi connectivity index (χ3n) is 5.24. The Kier molecular flexibility index (Phi) is 5.58. The molecule has 150 valence electrons. The monoisotopic (exact) mass is 398 g/mol. The third-order valence-corrected chi connectivity index (χ3v) is 5.24. The van der Waals surface area contributed by atoms with Crippen molar-refractivity contribution in [2.24, 2.45) is 0 Å². The van der Waals surface area contributed by atoms with Crippen LogP contribution in [-0.4, -0.2) is 32.9 Å². The van der Waals surface area contributed by atoms with Crippen molar-refractivity contribution in [3.63, 3.8) is 0 Å². The summed E-state index contributed by atoms with van der Waals surface area (Å²) in [5.41, 5.74) is 2.28. The van der Waals surface area contributed by atoms with Crippen LogP contribution in [0.2, 0.25) is 0 Å². The molecule has 3 heterocycles. The molecule has 3 aromatic rings. The van der Waals surface area contributed by atoms with Crippen LogP contribution in [0.15, 0.2) is 61.2 Å². The first-order valence-electron chi connectivity index (χ1n) is 9.60. The molecule has 1 fully saturated rings. The van der Waals surface area contributed by atoms with Gasteiger partial charge in [-0.25, -0.2) is 0 Å². The van der Waals surface area contributed by atoms with Gasteiger partial charge in [-0.15, -0.1) is 0 Å². The van der Waals surface area contributed by atoms with E-state index in [1.807, 2.05) is 12.1 Å². The highest BCUT2D eigenvalue weighted by Crippen LogP contribution is 2.35. The number of rotatable bonds is 4. The van der Waals surface area contributed by atoms with E-state index in [4.69, 9.17) is 0 Å². The molecule has 1 saturated heterocycles. The highest BCUT2D eigenvalue weighted by atomic mass is 19.4. The van der Waals surface area contributed by atoms with Crippen molar-refractivity contribution >= 4 is 0 Å². The number of likely N-dealkylation sites (tertiary alicyclic amines) is 1. The zero-order chi connectivity index (χ0) is 20.3. The lowest BCUT2D eigenvalue weighted by molar-refractivity contribution is -0.137. The molecule has 2 aromatic heterocycles. The molecule has 0 radical (unpaired) electrons. The minimum absolute atomic E-state index is 0.129. The van der Waals surface area contributed by atoms with Crippen LogP contribution in [0.1, 0.15) is 35.6 Å². The molecule has 0 N–H and O–H groups in total. The molecule has 4 nitrogen and oxygen atoms in total. The number of benzene rings is 1. The smallest absolute Gasteiger partial charge is 0.298 e. The van der Waals surface area contributed by atoms with Crippen molar-refractivity contribution in [2.45, 2.75) is 31.5 Å². The molecular weight excluding hydrogens is 377 g/mol. The lowest BCUT2D eigenvalue weighted by Gasteiger charge is -2.33. The van der Waals surface area contributed by atoms with Gasteiger partial charge in [-0.2, -0.15) is 13.2 Å². The largest absolute Gasteiger partial charge is 0.416 e. The fourth-order valence-electron chi connectivity index (χ4n) is 3.88. The van der Waals surface area contributed by atoms with Crippen molar-refractivity contribution in [3.05, 3.63) is 78.0 Å². The van der Waals surface area contributed by atoms with Crippen LogP contribution >= 0.6 is 0 Å². The van der Waals surface area contributed by atoms with Crippen molar-refractivity contribution in [2.75, 3.05) is 13.1 Å². The van der Waals surface area contributed by atoms with Gasteiger partial charge >= 0.3 is 6.18 Å². The summed E-state index contributed by atoms with van der Waals surface area (Å²) in [6.45, 7) is 2.60. The molecule has 0 spiro atoms. The van der Waals surface area contributed by atoms with Gasteiger partial charge in [0.1, 0.15) is 0 Å². The van der Waals surface area contributed by atoms with Crippen LogP contribution in [0.3, 0.4) is 0 Å². The Bertz CT molecular complexity index is 960. The Morgan fingerprint density at radius 2 is 1.79 bits per heavy atom. The fourth-order valence-corrected chi connectivity index (χ4v) is 3.88. The number of halogens is 3. The number of alkyl halides is 3.